The summed E-state index contributed by atoms with van der Waals surface area (Å²) in [6.45, 7) is 3.73. The smallest absolute Gasteiger partial charge is 0.297 e. The van der Waals surface area contributed by atoms with Gasteiger partial charge in [-0.2, -0.15) is 8.42 Å². The van der Waals surface area contributed by atoms with Crippen LogP contribution in [0.25, 0.3) is 0 Å². The highest BCUT2D eigenvalue weighted by Gasteiger charge is 2.44. The normalized spacial score (nSPS) is 17.1. The zero-order chi connectivity index (χ0) is 30.1. The van der Waals surface area contributed by atoms with Gasteiger partial charge in [-0.25, -0.2) is 0 Å². The van der Waals surface area contributed by atoms with Crippen molar-refractivity contribution < 1.29 is 46.0 Å². The van der Waals surface area contributed by atoms with Crippen molar-refractivity contribution in [2.24, 2.45) is 0 Å². The SMILES string of the molecule is Cc1ccc(S(=O)(=O)OCCOCCOCCOCCCc2ccc3c(c2)C(=O)N(C2CCC(=O)NC2=O)C3=O)cc1. The highest BCUT2D eigenvalue weighted by Crippen LogP contribution is 2.28. The number of nitrogens with zero attached hydrogens (tertiary/aromatic N) is 1. The maximum Gasteiger partial charge on any atom is 0.297 e. The van der Waals surface area contributed by atoms with Gasteiger partial charge >= 0.3 is 0 Å². The molecular weight excluding hydrogens is 568 g/mol. The highest BCUT2D eigenvalue weighted by molar-refractivity contribution is 7.86. The van der Waals surface area contributed by atoms with Gasteiger partial charge in [0.05, 0.1) is 55.7 Å². The van der Waals surface area contributed by atoms with Crippen LogP contribution in [0.4, 0.5) is 0 Å². The lowest BCUT2D eigenvalue weighted by Gasteiger charge is -2.27. The van der Waals surface area contributed by atoms with E-state index in [9.17, 15) is 27.6 Å². The molecule has 0 radical (unpaired) electrons. The lowest BCUT2D eigenvalue weighted by atomic mass is 10.0. The van der Waals surface area contributed by atoms with Crippen LogP contribution in [0.1, 0.15) is 51.1 Å². The van der Waals surface area contributed by atoms with Gasteiger partial charge in [0, 0.05) is 13.0 Å². The maximum absolute atomic E-state index is 12.9. The minimum absolute atomic E-state index is 0.0763. The van der Waals surface area contributed by atoms with E-state index in [-0.39, 0.29) is 48.7 Å². The van der Waals surface area contributed by atoms with Crippen LogP contribution < -0.4 is 5.32 Å². The number of imide groups is 2. The van der Waals surface area contributed by atoms with E-state index >= 15 is 0 Å². The Balaban J connectivity index is 1.05. The Labute approximate surface area is 244 Å². The van der Waals surface area contributed by atoms with Gasteiger partial charge in [0.2, 0.25) is 11.8 Å². The van der Waals surface area contributed by atoms with Gasteiger partial charge < -0.3 is 14.2 Å². The first-order valence-corrected chi connectivity index (χ1v) is 15.1. The number of ether oxygens (including phenoxy) is 3. The number of carbonyl (C=O) groups excluding carboxylic acids is 4. The quantitative estimate of drug-likeness (QED) is 0.171. The van der Waals surface area contributed by atoms with Crippen molar-refractivity contribution in [2.75, 3.05) is 46.2 Å². The summed E-state index contributed by atoms with van der Waals surface area (Å²) in [5.74, 6) is -2.09. The number of nitrogens with one attached hydrogen (secondary N) is 1. The Morgan fingerprint density at radius 1 is 0.810 bits per heavy atom. The number of hydrogen-bond donors (Lipinski definition) is 1. The monoisotopic (exact) mass is 602 g/mol. The van der Waals surface area contributed by atoms with Crippen LogP contribution in [0.5, 0.6) is 0 Å². The zero-order valence-corrected chi connectivity index (χ0v) is 24.2. The zero-order valence-electron chi connectivity index (χ0n) is 23.3. The number of amides is 4. The molecule has 0 aromatic heterocycles. The van der Waals surface area contributed by atoms with Gasteiger partial charge in [-0.1, -0.05) is 23.8 Å². The van der Waals surface area contributed by atoms with Crippen molar-refractivity contribution in [3.05, 3.63) is 64.7 Å². The number of rotatable bonds is 16. The van der Waals surface area contributed by atoms with Crippen LogP contribution in [0.3, 0.4) is 0 Å². The van der Waals surface area contributed by atoms with Crippen LogP contribution in [-0.4, -0.2) is 89.2 Å². The molecule has 0 bridgehead atoms. The molecule has 2 aliphatic rings. The fourth-order valence-corrected chi connectivity index (χ4v) is 5.46. The maximum atomic E-state index is 12.9. The number of carbonyl (C=O) groups is 4. The molecule has 2 heterocycles. The van der Waals surface area contributed by atoms with Gasteiger partial charge in [0.1, 0.15) is 6.04 Å². The molecule has 42 heavy (non-hydrogen) atoms. The summed E-state index contributed by atoms with van der Waals surface area (Å²) in [5.41, 5.74) is 2.34. The van der Waals surface area contributed by atoms with Gasteiger partial charge in [0.25, 0.3) is 21.9 Å². The summed E-state index contributed by atoms with van der Waals surface area (Å²) in [4.78, 5) is 50.4. The van der Waals surface area contributed by atoms with E-state index in [1.807, 2.05) is 6.92 Å². The van der Waals surface area contributed by atoms with Gasteiger partial charge in [-0.15, -0.1) is 0 Å². The van der Waals surface area contributed by atoms with Gasteiger partial charge in [-0.05, 0) is 56.0 Å². The molecule has 2 aromatic rings. The molecule has 0 spiro atoms. The molecule has 2 aliphatic heterocycles. The van der Waals surface area contributed by atoms with E-state index in [1.54, 1.807) is 30.3 Å². The van der Waals surface area contributed by atoms with Crippen molar-refractivity contribution in [3.8, 4) is 0 Å². The summed E-state index contributed by atoms with van der Waals surface area (Å²) in [6.07, 6.45) is 1.51. The first kappa shape index (κ1) is 31.4. The van der Waals surface area contributed by atoms with Crippen LogP contribution in [-0.2, 0) is 44.5 Å². The summed E-state index contributed by atoms with van der Waals surface area (Å²) < 4.78 is 45.5. The van der Waals surface area contributed by atoms with E-state index in [0.717, 1.165) is 16.0 Å². The van der Waals surface area contributed by atoms with Crippen LogP contribution >= 0.6 is 0 Å². The lowest BCUT2D eigenvalue weighted by molar-refractivity contribution is -0.136. The second-order valence-corrected chi connectivity index (χ2v) is 11.5. The van der Waals surface area contributed by atoms with E-state index in [4.69, 9.17) is 18.4 Å². The summed E-state index contributed by atoms with van der Waals surface area (Å²) >= 11 is 0. The molecular formula is C29H34N2O10S. The number of fused-ring (bicyclic) bond motifs is 1. The van der Waals surface area contributed by atoms with Crippen LogP contribution in [0, 0.1) is 6.92 Å². The molecule has 4 amide bonds. The Hall–Kier alpha value is -3.49. The van der Waals surface area contributed by atoms with E-state index in [0.29, 0.717) is 39.3 Å². The first-order valence-electron chi connectivity index (χ1n) is 13.7. The molecule has 0 aliphatic carbocycles. The second-order valence-electron chi connectivity index (χ2n) is 9.86. The predicted molar refractivity (Wildman–Crippen MR) is 148 cm³/mol. The molecule has 1 saturated heterocycles. The predicted octanol–water partition coefficient (Wildman–Crippen LogP) is 1.78. The third-order valence-corrected chi connectivity index (χ3v) is 8.10. The summed E-state index contributed by atoms with van der Waals surface area (Å²) in [6, 6.07) is 10.5. The fourth-order valence-electron chi connectivity index (χ4n) is 4.57. The molecule has 12 nitrogen and oxygen atoms in total. The Kier molecular flexibility index (Phi) is 10.9. The Morgan fingerprint density at radius 2 is 1.43 bits per heavy atom. The third kappa shape index (κ3) is 8.07. The van der Waals surface area contributed by atoms with Crippen LogP contribution in [0.2, 0.25) is 0 Å². The van der Waals surface area contributed by atoms with Crippen molar-refractivity contribution in [1.29, 1.82) is 0 Å². The molecule has 1 fully saturated rings. The fraction of sp³-hybridized carbons (Fsp3) is 0.448. The molecule has 226 valence electrons. The van der Waals surface area contributed by atoms with Crippen molar-refractivity contribution in [3.63, 3.8) is 0 Å². The largest absolute Gasteiger partial charge is 0.379 e. The Morgan fingerprint density at radius 3 is 2.10 bits per heavy atom. The molecule has 4 rings (SSSR count). The lowest BCUT2D eigenvalue weighted by Crippen LogP contribution is -2.54. The standard InChI is InChI=1S/C29H34N2O10S/c1-20-4-7-22(8-5-20)42(36,37)41-18-17-40-16-15-39-14-13-38-12-2-3-21-6-9-23-24(19-21)29(35)31(28(23)34)25-10-11-26(32)30-27(25)33/h4-9,19,25H,2-3,10-18H2,1H3,(H,30,32,33). The molecule has 1 unspecified atom stereocenters. The van der Waals surface area contributed by atoms with Gasteiger partial charge in [0.15, 0.2) is 0 Å². The average Bonchev–Trinajstić information content (AvgIpc) is 3.20. The number of hydrogen-bond acceptors (Lipinski definition) is 10. The highest BCUT2D eigenvalue weighted by atomic mass is 32.2. The second kappa shape index (κ2) is 14.6. The van der Waals surface area contributed by atoms with Crippen molar-refractivity contribution in [2.45, 2.75) is 43.5 Å². The summed E-state index contributed by atoms with van der Waals surface area (Å²) in [7, 11) is -3.81. The van der Waals surface area contributed by atoms with Crippen molar-refractivity contribution >= 4 is 33.7 Å². The third-order valence-electron chi connectivity index (χ3n) is 6.78. The topological polar surface area (TPSA) is 155 Å². The first-order chi connectivity index (χ1) is 20.2. The van der Waals surface area contributed by atoms with Crippen LogP contribution in [0.15, 0.2) is 47.4 Å². The Bertz CT molecular complexity index is 1410. The molecule has 2 aromatic carbocycles. The van der Waals surface area contributed by atoms with E-state index < -0.39 is 39.8 Å². The van der Waals surface area contributed by atoms with Crippen molar-refractivity contribution in [1.82, 2.24) is 10.2 Å². The summed E-state index contributed by atoms with van der Waals surface area (Å²) in [5, 5.41) is 2.19. The number of piperidine rings is 1. The van der Waals surface area contributed by atoms with E-state index in [2.05, 4.69) is 5.32 Å². The molecule has 1 N–H and O–H groups in total. The molecule has 0 saturated carbocycles. The minimum atomic E-state index is -3.81. The minimum Gasteiger partial charge on any atom is -0.379 e. The number of aryl methyl sites for hydroxylation is 2. The van der Waals surface area contributed by atoms with E-state index in [1.165, 1.54) is 12.1 Å². The molecule has 1 atom stereocenters. The molecule has 13 heteroatoms. The average molecular weight is 603 g/mol. The van der Waals surface area contributed by atoms with Gasteiger partial charge in [-0.3, -0.25) is 33.6 Å². The number of benzene rings is 2.